The summed E-state index contributed by atoms with van der Waals surface area (Å²) in [7, 11) is 0. The third-order valence-corrected chi connectivity index (χ3v) is 22.6. The molecule has 468 valence electrons. The van der Waals surface area contributed by atoms with Crippen LogP contribution in [0.15, 0.2) is 376 Å². The average Bonchev–Trinajstić information content (AvgIpc) is 1.46. The predicted molar refractivity (Wildman–Crippen MR) is 435 cm³/mol. The highest BCUT2D eigenvalue weighted by atomic mass is 32.1. The van der Waals surface area contributed by atoms with E-state index < -0.39 is 0 Å². The summed E-state index contributed by atoms with van der Waals surface area (Å²) in [5.41, 5.74) is 16.5. The van der Waals surface area contributed by atoms with Crippen molar-refractivity contribution < 1.29 is 0 Å². The maximum Gasteiger partial charge on any atom is 0.0540 e. The molecule has 0 aliphatic carbocycles. The molecule has 0 unspecified atom stereocenters. The highest BCUT2D eigenvalue weighted by Gasteiger charge is 2.22. The van der Waals surface area contributed by atoms with Gasteiger partial charge in [0.15, 0.2) is 0 Å². The third-order valence-electron chi connectivity index (χ3n) is 20.1. The molecule has 0 amide bonds. The number of fused-ring (bicyclic) bond motifs is 16. The standard InChI is InChI=1S/2C48H31NS/c1-2-11-32(12-3-1)33-21-25-36(26-22-33)49(46-19-10-18-43-41(46)29-30-44-42-17-8-9-20-47(42)50-48(43)44)37-27-23-34(24-28-37)45-31-35-13-4-5-14-38(35)39-15-6-7-16-40(39)45;1-2-9-32(10-3-1)33-19-24-38(25-20-33)49(46-15-8-14-44-42(46)29-30-45-43-13-6-7-16-47(43)50-48(44)45)39-26-21-34(22-27-39)36-23-28-41-37(31-36)18-17-35-11-4-5-12-40(35)41/h2*1-31H. The average molecular weight is 1310 g/mol. The van der Waals surface area contributed by atoms with Gasteiger partial charge in [-0.2, -0.15) is 0 Å². The van der Waals surface area contributed by atoms with Crippen LogP contribution >= 0.6 is 22.7 Å². The van der Waals surface area contributed by atoms with Crippen LogP contribution in [0.4, 0.5) is 34.1 Å². The molecule has 0 atom stereocenters. The van der Waals surface area contributed by atoms with E-state index in [0.29, 0.717) is 0 Å². The molecule has 4 heteroatoms. The van der Waals surface area contributed by atoms with Gasteiger partial charge < -0.3 is 9.80 Å². The van der Waals surface area contributed by atoms with Gasteiger partial charge in [-0.1, -0.05) is 291 Å². The monoisotopic (exact) mass is 1310 g/mol. The lowest BCUT2D eigenvalue weighted by Gasteiger charge is -2.27. The summed E-state index contributed by atoms with van der Waals surface area (Å²) in [6, 6.07) is 137. The largest absolute Gasteiger partial charge is 0.310 e. The molecule has 0 fully saturated rings. The minimum absolute atomic E-state index is 1.12. The topological polar surface area (TPSA) is 6.48 Å². The third kappa shape index (κ3) is 10.4. The zero-order valence-electron chi connectivity index (χ0n) is 54.5. The second-order valence-corrected chi connectivity index (χ2v) is 27.9. The van der Waals surface area contributed by atoms with Crippen molar-refractivity contribution in [3.63, 3.8) is 0 Å². The molecule has 0 spiro atoms. The van der Waals surface area contributed by atoms with Crippen LogP contribution in [-0.4, -0.2) is 0 Å². The summed E-state index contributed by atoms with van der Waals surface area (Å²) in [5.74, 6) is 0. The van der Waals surface area contributed by atoms with E-state index in [1.54, 1.807) is 0 Å². The van der Waals surface area contributed by atoms with Crippen molar-refractivity contribution in [1.29, 1.82) is 0 Å². The first-order valence-corrected chi connectivity index (χ1v) is 35.8. The van der Waals surface area contributed by atoms with Gasteiger partial charge in [0, 0.05) is 84.6 Å². The quantitative estimate of drug-likeness (QED) is 0.126. The summed E-state index contributed by atoms with van der Waals surface area (Å²) < 4.78 is 5.32. The molecule has 18 aromatic carbocycles. The molecular formula is C96H62N2S2. The Hall–Kier alpha value is -12.4. The van der Waals surface area contributed by atoms with Gasteiger partial charge in [0.1, 0.15) is 0 Å². The van der Waals surface area contributed by atoms with Crippen LogP contribution in [0, 0.1) is 0 Å². The summed E-state index contributed by atoms with van der Waals surface area (Å²) in [6.07, 6.45) is 0. The van der Waals surface area contributed by atoms with Gasteiger partial charge in [0.25, 0.3) is 0 Å². The summed E-state index contributed by atoms with van der Waals surface area (Å²) in [6.45, 7) is 0. The van der Waals surface area contributed by atoms with Crippen LogP contribution in [0.3, 0.4) is 0 Å². The van der Waals surface area contributed by atoms with Gasteiger partial charge in [-0.3, -0.25) is 0 Å². The number of hydrogen-bond donors (Lipinski definition) is 0. The number of hydrogen-bond acceptors (Lipinski definition) is 4. The Bertz CT molecular complexity index is 6490. The number of thiophene rings is 2. The van der Waals surface area contributed by atoms with E-state index in [0.717, 1.165) is 22.7 Å². The van der Waals surface area contributed by atoms with Gasteiger partial charge in [0.05, 0.1) is 11.4 Å². The molecule has 20 rings (SSSR count). The van der Waals surface area contributed by atoms with Crippen molar-refractivity contribution in [3.8, 4) is 44.5 Å². The van der Waals surface area contributed by atoms with Crippen molar-refractivity contribution in [3.05, 3.63) is 376 Å². The normalized spacial score (nSPS) is 11.6. The lowest BCUT2D eigenvalue weighted by molar-refractivity contribution is 1.30. The molecular weight excluding hydrogens is 1250 g/mol. The number of benzene rings is 18. The van der Waals surface area contributed by atoms with E-state index in [1.807, 2.05) is 22.7 Å². The van der Waals surface area contributed by atoms with E-state index in [4.69, 9.17) is 0 Å². The van der Waals surface area contributed by atoms with E-state index in [1.165, 1.54) is 161 Å². The zero-order valence-corrected chi connectivity index (χ0v) is 56.1. The fourth-order valence-corrected chi connectivity index (χ4v) is 17.7. The SMILES string of the molecule is c1ccc(-c2ccc(N(c3ccc(-c4cc5ccccc5c5ccccc45)cc3)c3cccc4c3ccc3c5ccccc5sc43)cc2)cc1.c1ccc(-c2ccc(N(c3ccc(-c4ccc5c(ccc6ccccc65)c4)cc3)c3cccc4c3ccc3c5ccccc5sc43)cc2)cc1. The Morgan fingerprint density at radius 3 is 1.00 bits per heavy atom. The molecule has 2 nitrogen and oxygen atoms in total. The fraction of sp³-hybridized carbons (Fsp3) is 0. The zero-order chi connectivity index (χ0) is 66.0. The van der Waals surface area contributed by atoms with Crippen molar-refractivity contribution in [1.82, 2.24) is 0 Å². The first kappa shape index (κ1) is 58.9. The fourth-order valence-electron chi connectivity index (χ4n) is 15.2. The van der Waals surface area contributed by atoms with Crippen molar-refractivity contribution in [2.45, 2.75) is 0 Å². The number of rotatable bonds is 10. The lowest BCUT2D eigenvalue weighted by Crippen LogP contribution is -2.10. The van der Waals surface area contributed by atoms with Crippen molar-refractivity contribution in [2.75, 3.05) is 9.80 Å². The molecule has 0 saturated heterocycles. The molecule has 100 heavy (non-hydrogen) atoms. The minimum atomic E-state index is 1.12. The van der Waals surface area contributed by atoms with Crippen LogP contribution in [0.2, 0.25) is 0 Å². The molecule has 2 aromatic heterocycles. The maximum absolute atomic E-state index is 2.42. The highest BCUT2D eigenvalue weighted by Crippen LogP contribution is 2.48. The van der Waals surface area contributed by atoms with Crippen LogP contribution in [0.25, 0.3) is 149 Å². The van der Waals surface area contributed by atoms with Gasteiger partial charge >= 0.3 is 0 Å². The smallest absolute Gasteiger partial charge is 0.0540 e. The van der Waals surface area contributed by atoms with E-state index >= 15 is 0 Å². The Morgan fingerprint density at radius 2 is 0.490 bits per heavy atom. The minimum Gasteiger partial charge on any atom is -0.310 e. The second-order valence-electron chi connectivity index (χ2n) is 25.8. The lowest BCUT2D eigenvalue weighted by atomic mass is 9.93. The second kappa shape index (κ2) is 24.9. The summed E-state index contributed by atoms with van der Waals surface area (Å²) >= 11 is 3.77. The van der Waals surface area contributed by atoms with Crippen molar-refractivity contribution >= 4 is 162 Å². The molecule has 0 aliphatic rings. The molecule has 0 radical (unpaired) electrons. The van der Waals surface area contributed by atoms with Crippen LogP contribution in [0.5, 0.6) is 0 Å². The van der Waals surface area contributed by atoms with Crippen molar-refractivity contribution in [2.24, 2.45) is 0 Å². The molecule has 0 aliphatic heterocycles. The molecule has 0 N–H and O–H groups in total. The first-order chi connectivity index (χ1) is 49.6. The first-order valence-electron chi connectivity index (χ1n) is 34.2. The van der Waals surface area contributed by atoms with Crippen LogP contribution in [-0.2, 0) is 0 Å². The van der Waals surface area contributed by atoms with Gasteiger partial charge in [-0.25, -0.2) is 0 Å². The Morgan fingerprint density at radius 1 is 0.170 bits per heavy atom. The predicted octanol–water partition coefficient (Wildman–Crippen LogP) is 28.6. The highest BCUT2D eigenvalue weighted by molar-refractivity contribution is 7.27. The van der Waals surface area contributed by atoms with E-state index in [-0.39, 0.29) is 0 Å². The van der Waals surface area contributed by atoms with Gasteiger partial charge in [-0.05, 0) is 173 Å². The number of anilines is 6. The molecule has 0 bridgehead atoms. The summed E-state index contributed by atoms with van der Waals surface area (Å²) in [5, 5.41) is 20.6. The summed E-state index contributed by atoms with van der Waals surface area (Å²) in [4.78, 5) is 4.82. The Labute approximate surface area is 588 Å². The number of nitrogens with zero attached hydrogens (tertiary/aromatic N) is 2. The Kier molecular flexibility index (Phi) is 14.7. The van der Waals surface area contributed by atoms with Gasteiger partial charge in [0.2, 0.25) is 0 Å². The van der Waals surface area contributed by atoms with Gasteiger partial charge in [-0.15, -0.1) is 22.7 Å². The molecule has 2 heterocycles. The van der Waals surface area contributed by atoms with E-state index in [2.05, 4.69) is 386 Å². The molecule has 20 aromatic rings. The van der Waals surface area contributed by atoms with Crippen LogP contribution < -0.4 is 9.80 Å². The Balaban J connectivity index is 0.000000139. The molecule has 0 saturated carbocycles. The maximum atomic E-state index is 2.42. The van der Waals surface area contributed by atoms with Crippen LogP contribution in [0.1, 0.15) is 0 Å². The van der Waals surface area contributed by atoms with E-state index in [9.17, 15) is 0 Å².